The minimum Gasteiger partial charge on any atom is -0.436 e. The molecular formula is C32H23N7O4S2. The van der Waals surface area contributed by atoms with Gasteiger partial charge in [-0.1, -0.05) is 24.3 Å². The van der Waals surface area contributed by atoms with Gasteiger partial charge in [-0.3, -0.25) is 4.79 Å². The van der Waals surface area contributed by atoms with Crippen molar-refractivity contribution in [1.82, 2.24) is 18.9 Å². The summed E-state index contributed by atoms with van der Waals surface area (Å²) < 4.78 is 34.4. The number of nitrogens with one attached hydrogen (secondary N) is 2. The Bertz CT molecular complexity index is 2300. The van der Waals surface area contributed by atoms with Crippen LogP contribution in [0.1, 0.15) is 10.4 Å². The molecule has 13 heteroatoms. The Balaban J connectivity index is 1.13. The molecule has 0 aliphatic heterocycles. The van der Waals surface area contributed by atoms with Crippen LogP contribution in [0.4, 0.5) is 23.0 Å². The van der Waals surface area contributed by atoms with Crippen LogP contribution in [0.2, 0.25) is 0 Å². The fraction of sp³-hybridized carbons (Fsp3) is 0. The van der Waals surface area contributed by atoms with Crippen molar-refractivity contribution in [3.63, 3.8) is 0 Å². The Morgan fingerprint density at radius 1 is 0.889 bits per heavy atom. The molecule has 0 saturated carbocycles. The normalized spacial score (nSPS) is 11.5. The molecule has 11 nitrogen and oxygen atoms in total. The van der Waals surface area contributed by atoms with Gasteiger partial charge < -0.3 is 21.1 Å². The summed E-state index contributed by atoms with van der Waals surface area (Å²) in [6.45, 7) is 0. The first kappa shape index (κ1) is 28.0. The third-order valence-electron chi connectivity index (χ3n) is 6.80. The van der Waals surface area contributed by atoms with Crippen LogP contribution >= 0.6 is 11.3 Å². The highest BCUT2D eigenvalue weighted by atomic mass is 32.2. The molecule has 222 valence electrons. The second-order valence-electron chi connectivity index (χ2n) is 9.88. The first-order valence-electron chi connectivity index (χ1n) is 13.6. The second-order valence-corrected chi connectivity index (χ2v) is 12.6. The van der Waals surface area contributed by atoms with Crippen molar-refractivity contribution in [3.05, 3.63) is 120 Å². The highest BCUT2D eigenvalue weighted by Gasteiger charge is 2.20. The van der Waals surface area contributed by atoms with Crippen LogP contribution in [-0.4, -0.2) is 33.2 Å². The average molecular weight is 634 g/mol. The van der Waals surface area contributed by atoms with Gasteiger partial charge in [0.2, 0.25) is 11.8 Å². The maximum absolute atomic E-state index is 13.2. The number of amides is 1. The Morgan fingerprint density at radius 3 is 2.51 bits per heavy atom. The summed E-state index contributed by atoms with van der Waals surface area (Å²) in [7, 11) is -3.82. The molecule has 0 aliphatic carbocycles. The first-order chi connectivity index (χ1) is 21.8. The van der Waals surface area contributed by atoms with Crippen LogP contribution in [0.25, 0.3) is 21.3 Å². The molecular weight excluding hydrogens is 611 g/mol. The minimum atomic E-state index is -3.82. The van der Waals surface area contributed by atoms with E-state index in [2.05, 4.69) is 25.6 Å². The number of hydrogen-bond acceptors (Lipinski definition) is 10. The van der Waals surface area contributed by atoms with E-state index in [0.717, 1.165) is 8.67 Å². The van der Waals surface area contributed by atoms with Gasteiger partial charge in [0.25, 0.3) is 15.9 Å². The molecule has 0 radical (unpaired) electrons. The van der Waals surface area contributed by atoms with Gasteiger partial charge in [0.1, 0.15) is 10.4 Å². The molecule has 0 atom stereocenters. The number of pyridine rings is 1. The monoisotopic (exact) mass is 633 g/mol. The number of ether oxygens (including phenoxy) is 1. The number of thiophene rings is 1. The van der Waals surface area contributed by atoms with Crippen LogP contribution in [-0.2, 0) is 10.0 Å². The fourth-order valence-electron chi connectivity index (χ4n) is 4.65. The molecule has 0 saturated heterocycles. The van der Waals surface area contributed by atoms with Gasteiger partial charge in [0, 0.05) is 34.2 Å². The standard InChI is InChI=1S/C32H23N7O4S2/c33-22-11-9-20(10-12-22)30(40)35-23-5-4-6-24(18-23)36-32-37-27-14-16-44-28(27)31(38-32)43-25-17-21-13-15-39(29(21)34-19-25)45(41,42)26-7-2-1-3-8-26/h1-19H,33H2,(H,35,40)(H,36,37,38). The highest BCUT2D eigenvalue weighted by molar-refractivity contribution is 7.90. The number of nitrogens with zero attached hydrogens (tertiary/aromatic N) is 4. The molecule has 1 amide bonds. The predicted molar refractivity (Wildman–Crippen MR) is 175 cm³/mol. The van der Waals surface area contributed by atoms with E-state index in [-0.39, 0.29) is 22.4 Å². The van der Waals surface area contributed by atoms with Gasteiger partial charge in [0.05, 0.1) is 16.6 Å². The highest BCUT2D eigenvalue weighted by Crippen LogP contribution is 2.34. The number of aromatic nitrogens is 4. The fourth-order valence-corrected chi connectivity index (χ4v) is 6.74. The molecule has 4 aromatic heterocycles. The van der Waals surface area contributed by atoms with Crippen LogP contribution in [0.15, 0.2) is 120 Å². The van der Waals surface area contributed by atoms with Crippen molar-refractivity contribution in [3.8, 4) is 11.6 Å². The van der Waals surface area contributed by atoms with E-state index >= 15 is 0 Å². The smallest absolute Gasteiger partial charge is 0.269 e. The summed E-state index contributed by atoms with van der Waals surface area (Å²) in [4.78, 5) is 26.5. The van der Waals surface area contributed by atoms with Crippen molar-refractivity contribution < 1.29 is 17.9 Å². The molecule has 0 fully saturated rings. The number of benzene rings is 3. The molecule has 4 heterocycles. The number of nitrogens with two attached hydrogens (primary N) is 1. The first-order valence-corrected chi connectivity index (χ1v) is 15.9. The molecule has 3 aromatic carbocycles. The van der Waals surface area contributed by atoms with Crippen molar-refractivity contribution in [2.45, 2.75) is 4.90 Å². The molecule has 0 spiro atoms. The summed E-state index contributed by atoms with van der Waals surface area (Å²) in [6.07, 6.45) is 2.93. The van der Waals surface area contributed by atoms with Crippen LogP contribution < -0.4 is 21.1 Å². The Hall–Kier alpha value is -5.79. The second kappa shape index (κ2) is 11.4. The summed E-state index contributed by atoms with van der Waals surface area (Å²) >= 11 is 1.43. The van der Waals surface area contributed by atoms with Crippen molar-refractivity contribution in [2.75, 3.05) is 16.4 Å². The molecule has 0 unspecified atom stereocenters. The lowest BCUT2D eigenvalue weighted by Gasteiger charge is -2.11. The molecule has 7 rings (SSSR count). The third-order valence-corrected chi connectivity index (χ3v) is 9.38. The van der Waals surface area contributed by atoms with Crippen molar-refractivity contribution in [1.29, 1.82) is 0 Å². The lowest BCUT2D eigenvalue weighted by atomic mass is 10.2. The largest absolute Gasteiger partial charge is 0.436 e. The lowest BCUT2D eigenvalue weighted by molar-refractivity contribution is 0.102. The third kappa shape index (κ3) is 5.64. The van der Waals surface area contributed by atoms with Crippen LogP contribution in [0, 0.1) is 0 Å². The zero-order chi connectivity index (χ0) is 31.0. The number of fused-ring (bicyclic) bond motifs is 2. The zero-order valence-corrected chi connectivity index (χ0v) is 24.9. The Kier molecular flexibility index (Phi) is 7.08. The maximum Gasteiger partial charge on any atom is 0.269 e. The predicted octanol–water partition coefficient (Wildman–Crippen LogP) is 6.65. The van der Waals surface area contributed by atoms with Crippen LogP contribution in [0.3, 0.4) is 0 Å². The molecule has 4 N–H and O–H groups in total. The minimum absolute atomic E-state index is 0.167. The molecule has 0 aliphatic rings. The zero-order valence-electron chi connectivity index (χ0n) is 23.3. The number of carbonyl (C=O) groups is 1. The average Bonchev–Trinajstić information content (AvgIpc) is 3.70. The van der Waals surface area contributed by atoms with Crippen LogP contribution in [0.5, 0.6) is 11.6 Å². The molecule has 45 heavy (non-hydrogen) atoms. The van der Waals surface area contributed by atoms with E-state index in [1.54, 1.807) is 84.9 Å². The lowest BCUT2D eigenvalue weighted by Crippen LogP contribution is -2.12. The summed E-state index contributed by atoms with van der Waals surface area (Å²) in [5.41, 5.74) is 8.97. The number of carbonyl (C=O) groups excluding carboxylic acids is 1. The van der Waals surface area contributed by atoms with Gasteiger partial charge in [-0.05, 0) is 78.2 Å². The number of nitrogen functional groups attached to an aromatic ring is 1. The van der Waals surface area contributed by atoms with E-state index in [1.165, 1.54) is 23.7 Å². The van der Waals surface area contributed by atoms with Gasteiger partial charge in [-0.2, -0.15) is 4.98 Å². The van der Waals surface area contributed by atoms with Gasteiger partial charge >= 0.3 is 0 Å². The maximum atomic E-state index is 13.2. The quantitative estimate of drug-likeness (QED) is 0.156. The van der Waals surface area contributed by atoms with E-state index < -0.39 is 10.0 Å². The van der Waals surface area contributed by atoms with E-state index in [1.807, 2.05) is 17.5 Å². The van der Waals surface area contributed by atoms with Gasteiger partial charge in [0.15, 0.2) is 5.65 Å². The van der Waals surface area contributed by atoms with Gasteiger partial charge in [-0.15, -0.1) is 11.3 Å². The summed E-state index contributed by atoms with van der Waals surface area (Å²) in [5.74, 6) is 0.705. The van der Waals surface area contributed by atoms with E-state index in [9.17, 15) is 13.2 Å². The van der Waals surface area contributed by atoms with E-state index in [0.29, 0.717) is 45.2 Å². The van der Waals surface area contributed by atoms with Crippen molar-refractivity contribution >= 4 is 71.5 Å². The Labute approximate surface area is 261 Å². The topological polar surface area (TPSA) is 154 Å². The van der Waals surface area contributed by atoms with E-state index in [4.69, 9.17) is 10.5 Å². The SMILES string of the molecule is Nc1ccc(C(=O)Nc2cccc(Nc3nc(Oc4cnc5c(ccn5S(=O)(=O)c5ccccc5)c4)c4sccc4n3)c2)cc1. The number of hydrogen-bond donors (Lipinski definition) is 3. The van der Waals surface area contributed by atoms with Gasteiger partial charge in [-0.25, -0.2) is 22.4 Å². The Morgan fingerprint density at radius 2 is 1.69 bits per heavy atom. The summed E-state index contributed by atoms with van der Waals surface area (Å²) in [6, 6.07) is 27.3. The molecule has 0 bridgehead atoms. The summed E-state index contributed by atoms with van der Waals surface area (Å²) in [5, 5.41) is 8.54. The van der Waals surface area contributed by atoms with Crippen molar-refractivity contribution in [2.24, 2.45) is 0 Å². The molecule has 7 aromatic rings. The number of rotatable bonds is 8. The number of anilines is 4.